The highest BCUT2D eigenvalue weighted by atomic mass is 35.5. The van der Waals surface area contributed by atoms with E-state index in [0.29, 0.717) is 30.7 Å². The molecule has 2 aliphatic rings. The number of nitrogens with one attached hydrogen (secondary N) is 2. The number of carboxylic acids is 1. The number of rotatable bonds is 12. The first kappa shape index (κ1) is 25.3. The molecule has 188 valence electrons. The van der Waals surface area contributed by atoms with Gasteiger partial charge in [0.15, 0.2) is 0 Å². The molecule has 3 N–H and O–H groups in total. The van der Waals surface area contributed by atoms with Crippen molar-refractivity contribution in [2.75, 3.05) is 25.1 Å². The molecule has 0 radical (unpaired) electrons. The summed E-state index contributed by atoms with van der Waals surface area (Å²) in [5, 5.41) is 15.9. The summed E-state index contributed by atoms with van der Waals surface area (Å²) < 4.78 is 5.66. The number of hydrogen-bond donors (Lipinski definition) is 3. The average molecular weight is 502 g/mol. The van der Waals surface area contributed by atoms with E-state index in [0.717, 1.165) is 50.2 Å². The molecule has 9 nitrogen and oxygen atoms in total. The summed E-state index contributed by atoms with van der Waals surface area (Å²) in [4.78, 5) is 37.6. The Morgan fingerprint density at radius 1 is 1.26 bits per heavy atom. The number of carboxylic acid groups (broad SMARTS) is 1. The van der Waals surface area contributed by atoms with Crippen LogP contribution >= 0.6 is 11.6 Å². The second-order valence-electron chi connectivity index (χ2n) is 9.27. The van der Waals surface area contributed by atoms with Crippen molar-refractivity contribution in [2.45, 2.75) is 69.7 Å². The molecule has 35 heavy (non-hydrogen) atoms. The van der Waals surface area contributed by atoms with E-state index in [1.165, 1.54) is 11.9 Å². The molecule has 4 rings (SSSR count). The van der Waals surface area contributed by atoms with E-state index < -0.39 is 17.4 Å². The van der Waals surface area contributed by atoms with Crippen molar-refractivity contribution in [2.24, 2.45) is 0 Å². The van der Waals surface area contributed by atoms with Gasteiger partial charge in [0.25, 0.3) is 0 Å². The first-order chi connectivity index (χ1) is 16.9. The summed E-state index contributed by atoms with van der Waals surface area (Å²) in [6.07, 6.45) is 7.61. The maximum Gasteiger partial charge on any atom is 0.326 e. The second kappa shape index (κ2) is 11.3. The van der Waals surface area contributed by atoms with Crippen LogP contribution in [0.3, 0.4) is 0 Å². The Morgan fingerprint density at radius 2 is 2.09 bits per heavy atom. The maximum absolute atomic E-state index is 13.0. The summed E-state index contributed by atoms with van der Waals surface area (Å²) in [6, 6.07) is 3.22. The smallest absolute Gasteiger partial charge is 0.326 e. The Morgan fingerprint density at radius 3 is 2.83 bits per heavy atom. The number of aliphatic carboxylic acids is 1. The predicted molar refractivity (Wildman–Crippen MR) is 132 cm³/mol. The van der Waals surface area contributed by atoms with Gasteiger partial charge >= 0.3 is 5.97 Å². The molecule has 1 aliphatic heterocycles. The van der Waals surface area contributed by atoms with Crippen molar-refractivity contribution >= 4 is 29.3 Å². The standard InChI is InChI=1S/C25H32ClN5O4/c1-16-20(21(26)29-15-28-16)25(10-11-25)24(34)31-19(23(32)33)9-14-35-13-3-2-6-18-8-7-17-5-4-12-27-22(17)30-18/h7-8,15,19H,2-6,9-14H2,1H3,(H,27,30)(H,31,34)(H,32,33). The van der Waals surface area contributed by atoms with Crippen LogP contribution in [0, 0.1) is 6.92 Å². The van der Waals surface area contributed by atoms with Crippen LogP contribution in [0.15, 0.2) is 18.5 Å². The van der Waals surface area contributed by atoms with Gasteiger partial charge in [0, 0.05) is 43.1 Å². The van der Waals surface area contributed by atoms with Crippen LogP contribution in [0.2, 0.25) is 5.15 Å². The number of pyridine rings is 1. The Bertz CT molecular complexity index is 1060. The van der Waals surface area contributed by atoms with Gasteiger partial charge in [0.1, 0.15) is 23.3 Å². The number of amides is 1. The lowest BCUT2D eigenvalue weighted by Crippen LogP contribution is -2.46. The van der Waals surface area contributed by atoms with Crippen molar-refractivity contribution in [3.8, 4) is 0 Å². The third-order valence-corrected chi connectivity index (χ3v) is 7.02. The molecule has 2 aromatic heterocycles. The lowest BCUT2D eigenvalue weighted by atomic mass is 9.94. The zero-order chi connectivity index (χ0) is 24.8. The fourth-order valence-electron chi connectivity index (χ4n) is 4.58. The first-order valence-corrected chi connectivity index (χ1v) is 12.6. The fourth-order valence-corrected chi connectivity index (χ4v) is 4.94. The van der Waals surface area contributed by atoms with Crippen LogP contribution < -0.4 is 10.6 Å². The van der Waals surface area contributed by atoms with Gasteiger partial charge in [-0.2, -0.15) is 0 Å². The van der Waals surface area contributed by atoms with Crippen molar-refractivity contribution in [3.05, 3.63) is 46.1 Å². The van der Waals surface area contributed by atoms with Gasteiger partial charge in [0.05, 0.1) is 5.41 Å². The molecule has 0 saturated heterocycles. The molecule has 3 heterocycles. The number of halogens is 1. The number of aromatic nitrogens is 3. The van der Waals surface area contributed by atoms with Crippen LogP contribution in [0.1, 0.15) is 61.0 Å². The zero-order valence-corrected chi connectivity index (χ0v) is 20.7. The zero-order valence-electron chi connectivity index (χ0n) is 20.0. The lowest BCUT2D eigenvalue weighted by molar-refractivity contribution is -0.142. The van der Waals surface area contributed by atoms with Crippen molar-refractivity contribution in [1.29, 1.82) is 0 Å². The van der Waals surface area contributed by atoms with Crippen LogP contribution in [-0.2, 0) is 32.6 Å². The average Bonchev–Trinajstić information content (AvgIpc) is 3.64. The Kier molecular flexibility index (Phi) is 8.18. The summed E-state index contributed by atoms with van der Waals surface area (Å²) in [5.41, 5.74) is 2.72. The SMILES string of the molecule is Cc1ncnc(Cl)c1C1(C(=O)NC(CCOCCCCc2ccc3c(n2)NCCC3)C(=O)O)CC1. The molecule has 0 aromatic carbocycles. The number of carbonyl (C=O) groups excluding carboxylic acids is 1. The van der Waals surface area contributed by atoms with Crippen molar-refractivity contribution in [3.63, 3.8) is 0 Å². The normalized spacial score (nSPS) is 16.6. The number of fused-ring (bicyclic) bond motifs is 1. The van der Waals surface area contributed by atoms with E-state index in [1.807, 2.05) is 0 Å². The van der Waals surface area contributed by atoms with Crippen LogP contribution in [0.5, 0.6) is 0 Å². The summed E-state index contributed by atoms with van der Waals surface area (Å²) in [5.74, 6) is -0.425. The molecule has 0 bridgehead atoms. The first-order valence-electron chi connectivity index (χ1n) is 12.2. The van der Waals surface area contributed by atoms with E-state index in [2.05, 4.69) is 32.7 Å². The topological polar surface area (TPSA) is 126 Å². The monoisotopic (exact) mass is 501 g/mol. The second-order valence-corrected chi connectivity index (χ2v) is 9.63. The van der Waals surface area contributed by atoms with Gasteiger partial charge in [0.2, 0.25) is 5.91 Å². The van der Waals surface area contributed by atoms with Crippen LogP contribution in [0.4, 0.5) is 5.82 Å². The van der Waals surface area contributed by atoms with Crippen molar-refractivity contribution < 1.29 is 19.4 Å². The number of carbonyl (C=O) groups is 2. The van der Waals surface area contributed by atoms with E-state index in [-0.39, 0.29) is 24.1 Å². The lowest BCUT2D eigenvalue weighted by Gasteiger charge is -2.21. The largest absolute Gasteiger partial charge is 0.480 e. The molecule has 10 heteroatoms. The molecule has 1 atom stereocenters. The maximum atomic E-state index is 13.0. The summed E-state index contributed by atoms with van der Waals surface area (Å²) in [6.45, 7) is 3.53. The minimum absolute atomic E-state index is 0.188. The van der Waals surface area contributed by atoms with Gasteiger partial charge < -0.3 is 20.5 Å². The predicted octanol–water partition coefficient (Wildman–Crippen LogP) is 3.22. The summed E-state index contributed by atoms with van der Waals surface area (Å²) >= 11 is 6.24. The molecular weight excluding hydrogens is 470 g/mol. The number of aryl methyl sites for hydroxylation is 3. The van der Waals surface area contributed by atoms with Crippen molar-refractivity contribution in [1.82, 2.24) is 20.3 Å². The number of hydrogen-bond acceptors (Lipinski definition) is 7. The highest BCUT2D eigenvalue weighted by molar-refractivity contribution is 6.30. The van der Waals surface area contributed by atoms with Gasteiger partial charge in [-0.1, -0.05) is 17.7 Å². The number of anilines is 1. The Labute approximate surface area is 210 Å². The molecule has 1 saturated carbocycles. The number of unbranched alkanes of at least 4 members (excludes halogenated alkanes) is 1. The fraction of sp³-hybridized carbons (Fsp3) is 0.560. The molecule has 1 aliphatic carbocycles. The van der Waals surface area contributed by atoms with Gasteiger partial charge in [-0.15, -0.1) is 0 Å². The third-order valence-electron chi connectivity index (χ3n) is 6.73. The van der Waals surface area contributed by atoms with Gasteiger partial charge in [-0.3, -0.25) is 4.79 Å². The molecular formula is C25H32ClN5O4. The van der Waals surface area contributed by atoms with Crippen LogP contribution in [-0.4, -0.2) is 57.7 Å². The minimum Gasteiger partial charge on any atom is -0.480 e. The minimum atomic E-state index is -1.09. The van der Waals surface area contributed by atoms with E-state index in [4.69, 9.17) is 21.3 Å². The number of nitrogens with zero attached hydrogens (tertiary/aromatic N) is 3. The molecule has 1 unspecified atom stereocenters. The Hall–Kier alpha value is -2.78. The quantitative estimate of drug-likeness (QED) is 0.299. The van der Waals surface area contributed by atoms with Gasteiger partial charge in [-0.05, 0) is 63.5 Å². The molecule has 1 amide bonds. The van der Waals surface area contributed by atoms with Gasteiger partial charge in [-0.25, -0.2) is 19.7 Å². The van der Waals surface area contributed by atoms with E-state index in [1.54, 1.807) is 6.92 Å². The van der Waals surface area contributed by atoms with Crippen LogP contribution in [0.25, 0.3) is 0 Å². The Balaban J connectivity index is 1.19. The highest BCUT2D eigenvalue weighted by Crippen LogP contribution is 2.51. The third kappa shape index (κ3) is 6.08. The van der Waals surface area contributed by atoms with E-state index in [9.17, 15) is 14.7 Å². The molecule has 2 aromatic rings. The summed E-state index contributed by atoms with van der Waals surface area (Å²) in [7, 11) is 0. The molecule has 0 spiro atoms. The molecule has 1 fully saturated rings. The highest BCUT2D eigenvalue weighted by Gasteiger charge is 2.54. The number of ether oxygens (including phenoxy) is 1. The van der Waals surface area contributed by atoms with E-state index >= 15 is 0 Å².